The van der Waals surface area contributed by atoms with E-state index in [1.807, 2.05) is 37.3 Å². The molecule has 2 aromatic rings. The molecular formula is C17H20N4O3. The topological polar surface area (TPSA) is 76.5 Å². The average molecular weight is 328 g/mol. The van der Waals surface area contributed by atoms with Gasteiger partial charge in [0.25, 0.3) is 5.91 Å². The lowest BCUT2D eigenvalue weighted by molar-refractivity contribution is -0.154. The number of morpholine rings is 1. The molecule has 1 aliphatic heterocycles. The van der Waals surface area contributed by atoms with Gasteiger partial charge in [0.05, 0.1) is 12.3 Å². The summed E-state index contributed by atoms with van der Waals surface area (Å²) in [6.45, 7) is 2.42. The molecule has 1 aliphatic rings. The normalized spacial score (nSPS) is 17.8. The summed E-state index contributed by atoms with van der Waals surface area (Å²) in [6.07, 6.45) is 0. The quantitative estimate of drug-likeness (QED) is 0.912. The third-order valence-corrected chi connectivity index (χ3v) is 3.95. The molecule has 126 valence electrons. The van der Waals surface area contributed by atoms with Crippen molar-refractivity contribution in [2.45, 2.75) is 19.5 Å². The number of benzene rings is 1. The molecule has 1 atom stereocenters. The van der Waals surface area contributed by atoms with Crippen LogP contribution < -0.4 is 5.32 Å². The molecule has 0 saturated carbocycles. The highest BCUT2D eigenvalue weighted by Gasteiger charge is 2.34. The van der Waals surface area contributed by atoms with Crippen molar-refractivity contribution in [2.24, 2.45) is 7.05 Å². The Hall–Kier alpha value is -2.67. The zero-order valence-electron chi connectivity index (χ0n) is 13.7. The van der Waals surface area contributed by atoms with Crippen LogP contribution in [0.1, 0.15) is 11.3 Å². The summed E-state index contributed by atoms with van der Waals surface area (Å²) in [5.41, 5.74) is 1.78. The molecule has 0 spiro atoms. The van der Waals surface area contributed by atoms with Gasteiger partial charge in [-0.3, -0.25) is 14.3 Å². The summed E-state index contributed by atoms with van der Waals surface area (Å²) in [6, 6.07) is 10.7. The first-order valence-corrected chi connectivity index (χ1v) is 7.77. The summed E-state index contributed by atoms with van der Waals surface area (Å²) in [5, 5.41) is 7.03. The molecule has 3 rings (SSSR count). The van der Waals surface area contributed by atoms with Crippen LogP contribution in [0, 0.1) is 6.92 Å². The fourth-order valence-electron chi connectivity index (χ4n) is 2.74. The molecule has 1 aromatic heterocycles. The minimum atomic E-state index is -0.665. The van der Waals surface area contributed by atoms with Crippen molar-refractivity contribution in [3.63, 3.8) is 0 Å². The largest absolute Gasteiger partial charge is 0.369 e. The van der Waals surface area contributed by atoms with Gasteiger partial charge in [-0.1, -0.05) is 30.3 Å². The van der Waals surface area contributed by atoms with Crippen LogP contribution in [0.15, 0.2) is 36.4 Å². The Morgan fingerprint density at radius 2 is 2.12 bits per heavy atom. The van der Waals surface area contributed by atoms with Crippen molar-refractivity contribution in [1.82, 2.24) is 14.7 Å². The van der Waals surface area contributed by atoms with Crippen molar-refractivity contribution in [3.05, 3.63) is 47.7 Å². The SMILES string of the molecule is Cc1cc(NC(=O)[C@@H]2COCC(=O)N2Cc2ccccc2)n(C)n1. The maximum absolute atomic E-state index is 12.6. The van der Waals surface area contributed by atoms with Gasteiger partial charge in [0.15, 0.2) is 0 Å². The van der Waals surface area contributed by atoms with Crippen LogP contribution in [0.25, 0.3) is 0 Å². The number of rotatable bonds is 4. The van der Waals surface area contributed by atoms with Gasteiger partial charge >= 0.3 is 0 Å². The van der Waals surface area contributed by atoms with Crippen molar-refractivity contribution >= 4 is 17.6 Å². The number of aryl methyl sites for hydroxylation is 2. The van der Waals surface area contributed by atoms with Gasteiger partial charge in [0.2, 0.25) is 5.91 Å². The average Bonchev–Trinajstić information content (AvgIpc) is 2.87. The monoisotopic (exact) mass is 328 g/mol. The number of hydrogen-bond donors (Lipinski definition) is 1. The number of nitrogens with one attached hydrogen (secondary N) is 1. The van der Waals surface area contributed by atoms with Crippen LogP contribution >= 0.6 is 0 Å². The van der Waals surface area contributed by atoms with Crippen LogP contribution in [0.3, 0.4) is 0 Å². The Morgan fingerprint density at radius 3 is 2.79 bits per heavy atom. The molecule has 1 aromatic carbocycles. The zero-order chi connectivity index (χ0) is 17.1. The molecule has 1 saturated heterocycles. The van der Waals surface area contributed by atoms with Crippen LogP contribution in [0.4, 0.5) is 5.82 Å². The second kappa shape index (κ2) is 6.84. The van der Waals surface area contributed by atoms with E-state index in [1.54, 1.807) is 22.7 Å². The maximum Gasteiger partial charge on any atom is 0.250 e. The number of carbonyl (C=O) groups is 2. The minimum Gasteiger partial charge on any atom is -0.369 e. The van der Waals surface area contributed by atoms with Crippen LogP contribution in [-0.4, -0.2) is 45.8 Å². The van der Waals surface area contributed by atoms with Gasteiger partial charge in [0.1, 0.15) is 18.5 Å². The molecule has 24 heavy (non-hydrogen) atoms. The standard InChI is InChI=1S/C17H20N4O3/c1-12-8-15(20(2)19-12)18-17(23)14-10-24-11-16(22)21(14)9-13-6-4-3-5-7-13/h3-8,14H,9-11H2,1-2H3,(H,18,23)/t14-/m0/s1. The number of anilines is 1. The van der Waals surface area contributed by atoms with E-state index < -0.39 is 6.04 Å². The van der Waals surface area contributed by atoms with Crippen LogP contribution in [-0.2, 0) is 27.9 Å². The van der Waals surface area contributed by atoms with Gasteiger partial charge in [0, 0.05) is 19.7 Å². The number of ether oxygens (including phenoxy) is 1. The lowest BCUT2D eigenvalue weighted by Gasteiger charge is -2.34. The Kier molecular flexibility index (Phi) is 4.61. The fraction of sp³-hybridized carbons (Fsp3) is 0.353. The van der Waals surface area contributed by atoms with E-state index in [4.69, 9.17) is 4.74 Å². The number of hydrogen-bond acceptors (Lipinski definition) is 4. The third kappa shape index (κ3) is 3.46. The van der Waals surface area contributed by atoms with Gasteiger partial charge in [-0.05, 0) is 12.5 Å². The lowest BCUT2D eigenvalue weighted by Crippen LogP contribution is -2.54. The molecule has 2 heterocycles. The number of carbonyl (C=O) groups excluding carboxylic acids is 2. The summed E-state index contributed by atoms with van der Waals surface area (Å²) >= 11 is 0. The third-order valence-electron chi connectivity index (χ3n) is 3.95. The van der Waals surface area contributed by atoms with E-state index in [-0.39, 0.29) is 25.0 Å². The molecule has 0 radical (unpaired) electrons. The van der Waals surface area contributed by atoms with E-state index >= 15 is 0 Å². The zero-order valence-corrected chi connectivity index (χ0v) is 13.7. The highest BCUT2D eigenvalue weighted by atomic mass is 16.5. The van der Waals surface area contributed by atoms with E-state index in [1.165, 1.54) is 0 Å². The summed E-state index contributed by atoms with van der Waals surface area (Å²) in [4.78, 5) is 26.5. The first kappa shape index (κ1) is 16.2. The van der Waals surface area contributed by atoms with Gasteiger partial charge in [-0.15, -0.1) is 0 Å². The second-order valence-electron chi connectivity index (χ2n) is 5.82. The predicted molar refractivity (Wildman–Crippen MR) is 88.2 cm³/mol. The predicted octanol–water partition coefficient (Wildman–Crippen LogP) is 1.09. The highest BCUT2D eigenvalue weighted by Crippen LogP contribution is 2.16. The van der Waals surface area contributed by atoms with E-state index in [0.717, 1.165) is 11.3 Å². The minimum absolute atomic E-state index is 0.00142. The number of aromatic nitrogens is 2. The van der Waals surface area contributed by atoms with Gasteiger partial charge in [-0.25, -0.2) is 0 Å². The maximum atomic E-state index is 12.6. The lowest BCUT2D eigenvalue weighted by atomic mass is 10.1. The van der Waals surface area contributed by atoms with Crippen molar-refractivity contribution in [3.8, 4) is 0 Å². The molecule has 0 unspecified atom stereocenters. The van der Waals surface area contributed by atoms with E-state index in [0.29, 0.717) is 12.4 Å². The molecular weight excluding hydrogens is 308 g/mol. The summed E-state index contributed by atoms with van der Waals surface area (Å²) in [7, 11) is 1.76. The molecule has 1 fully saturated rings. The number of nitrogens with zero attached hydrogens (tertiary/aromatic N) is 3. The second-order valence-corrected chi connectivity index (χ2v) is 5.82. The van der Waals surface area contributed by atoms with E-state index in [2.05, 4.69) is 10.4 Å². The first-order valence-electron chi connectivity index (χ1n) is 7.77. The van der Waals surface area contributed by atoms with Gasteiger partial charge in [-0.2, -0.15) is 5.10 Å². The Bertz CT molecular complexity index is 742. The van der Waals surface area contributed by atoms with Crippen LogP contribution in [0.5, 0.6) is 0 Å². The molecule has 0 bridgehead atoms. The summed E-state index contributed by atoms with van der Waals surface area (Å²) in [5.74, 6) is 0.128. The number of amides is 2. The smallest absolute Gasteiger partial charge is 0.250 e. The van der Waals surface area contributed by atoms with Crippen LogP contribution in [0.2, 0.25) is 0 Å². The Morgan fingerprint density at radius 1 is 1.38 bits per heavy atom. The van der Waals surface area contributed by atoms with Crippen molar-refractivity contribution in [1.29, 1.82) is 0 Å². The Balaban J connectivity index is 1.76. The van der Waals surface area contributed by atoms with Gasteiger partial charge < -0.3 is 15.0 Å². The molecule has 0 aliphatic carbocycles. The molecule has 1 N–H and O–H groups in total. The Labute approximate surface area is 140 Å². The molecule has 2 amide bonds. The summed E-state index contributed by atoms with van der Waals surface area (Å²) < 4.78 is 6.88. The fourth-order valence-corrected chi connectivity index (χ4v) is 2.74. The molecule has 7 nitrogen and oxygen atoms in total. The first-order chi connectivity index (χ1) is 11.5. The van der Waals surface area contributed by atoms with Crippen molar-refractivity contribution < 1.29 is 14.3 Å². The van der Waals surface area contributed by atoms with Crippen molar-refractivity contribution in [2.75, 3.05) is 18.5 Å². The molecule has 7 heteroatoms. The highest BCUT2D eigenvalue weighted by molar-refractivity contribution is 5.97. The van der Waals surface area contributed by atoms with E-state index in [9.17, 15) is 9.59 Å².